The van der Waals surface area contributed by atoms with Crippen LogP contribution in [0, 0.1) is 16.8 Å². The van der Waals surface area contributed by atoms with Crippen LogP contribution in [-0.4, -0.2) is 17.2 Å². The van der Waals surface area contributed by atoms with Crippen LogP contribution < -0.4 is 5.32 Å². The summed E-state index contributed by atoms with van der Waals surface area (Å²) in [4.78, 5) is 24.5. The number of hydrogen-bond acceptors (Lipinski definition) is 4. The van der Waals surface area contributed by atoms with E-state index in [1.165, 1.54) is 19.1 Å². The van der Waals surface area contributed by atoms with Crippen LogP contribution in [-0.2, 0) is 14.9 Å². The van der Waals surface area contributed by atoms with Crippen molar-refractivity contribution in [3.63, 3.8) is 0 Å². The van der Waals surface area contributed by atoms with Crippen molar-refractivity contribution in [2.24, 2.45) is 0 Å². The summed E-state index contributed by atoms with van der Waals surface area (Å²) in [7, 11) is 0. The Balaban J connectivity index is 1.29. The predicted molar refractivity (Wildman–Crippen MR) is 139 cm³/mol. The molecule has 0 aliphatic heterocycles. The van der Waals surface area contributed by atoms with Crippen molar-refractivity contribution in [2.45, 2.75) is 31.3 Å². The van der Waals surface area contributed by atoms with Crippen molar-refractivity contribution in [2.75, 3.05) is 5.32 Å². The molecular formula is C29H22F3NO4S. The van der Waals surface area contributed by atoms with E-state index in [0.717, 1.165) is 40.2 Å². The molecule has 1 aromatic heterocycles. The molecule has 4 aromatic rings. The number of carbonyl (C=O) groups excluding carboxylic acids is 1. The maximum atomic E-state index is 14.2. The maximum Gasteiger partial charge on any atom is 0.412 e. The summed E-state index contributed by atoms with van der Waals surface area (Å²) in [5.41, 5.74) is 3.00. The average Bonchev–Trinajstić information content (AvgIpc) is 3.64. The van der Waals surface area contributed by atoms with Crippen molar-refractivity contribution in [3.05, 3.63) is 101 Å². The number of carboxylic acids is 1. The molecule has 1 heterocycles. The van der Waals surface area contributed by atoms with Crippen LogP contribution >= 0.6 is 11.3 Å². The molecule has 0 saturated heterocycles. The molecule has 2 N–H and O–H groups in total. The fourth-order valence-electron chi connectivity index (χ4n) is 4.35. The van der Waals surface area contributed by atoms with Gasteiger partial charge in [0.25, 0.3) is 0 Å². The van der Waals surface area contributed by atoms with Gasteiger partial charge in [-0.3, -0.25) is 10.1 Å². The van der Waals surface area contributed by atoms with Crippen LogP contribution in [0.5, 0.6) is 0 Å². The summed E-state index contributed by atoms with van der Waals surface area (Å²) < 4.78 is 46.1. The lowest BCUT2D eigenvalue weighted by Crippen LogP contribution is -2.19. The molecule has 1 atom stereocenters. The first kappa shape index (κ1) is 25.5. The highest BCUT2D eigenvalue weighted by atomic mass is 32.1. The highest BCUT2D eigenvalue weighted by Crippen LogP contribution is 2.48. The summed E-state index contributed by atoms with van der Waals surface area (Å²) >= 11 is 0.860. The number of benzene rings is 3. The van der Waals surface area contributed by atoms with Gasteiger partial charge >= 0.3 is 12.1 Å². The molecule has 1 amide bonds. The summed E-state index contributed by atoms with van der Waals surface area (Å²) in [6.45, 7) is 1.51. The molecule has 1 fully saturated rings. The highest BCUT2D eigenvalue weighted by Gasteiger charge is 2.51. The van der Waals surface area contributed by atoms with Crippen LogP contribution in [0.25, 0.3) is 21.6 Å². The maximum absolute atomic E-state index is 14.2. The van der Waals surface area contributed by atoms with Crippen molar-refractivity contribution in [3.8, 4) is 21.6 Å². The molecule has 0 radical (unpaired) electrons. The Bertz CT molecular complexity index is 1510. The Morgan fingerprint density at radius 1 is 0.895 bits per heavy atom. The number of hydrogen-bond donors (Lipinski definition) is 2. The third-order valence-corrected chi connectivity index (χ3v) is 7.69. The van der Waals surface area contributed by atoms with E-state index in [0.29, 0.717) is 23.3 Å². The molecule has 1 aliphatic carbocycles. The van der Waals surface area contributed by atoms with Gasteiger partial charge in [-0.15, -0.1) is 11.3 Å². The first-order valence-electron chi connectivity index (χ1n) is 11.8. The third kappa shape index (κ3) is 5.02. The van der Waals surface area contributed by atoms with Crippen LogP contribution in [0.1, 0.15) is 37.0 Å². The molecule has 5 nitrogen and oxygen atoms in total. The van der Waals surface area contributed by atoms with Crippen LogP contribution in [0.3, 0.4) is 0 Å². The number of aliphatic carboxylic acids is 1. The Hall–Kier alpha value is -4.11. The smallest absolute Gasteiger partial charge is 0.412 e. The molecule has 9 heteroatoms. The van der Waals surface area contributed by atoms with E-state index in [2.05, 4.69) is 5.32 Å². The van der Waals surface area contributed by atoms with E-state index in [9.17, 15) is 27.9 Å². The molecule has 0 unspecified atom stereocenters. The molecule has 5 rings (SSSR count). The van der Waals surface area contributed by atoms with E-state index >= 15 is 0 Å². The summed E-state index contributed by atoms with van der Waals surface area (Å²) in [5.74, 6) is -2.85. The van der Waals surface area contributed by atoms with Crippen molar-refractivity contribution >= 4 is 29.1 Å². The first-order valence-corrected chi connectivity index (χ1v) is 12.6. The van der Waals surface area contributed by atoms with E-state index in [1.807, 2.05) is 36.4 Å². The molecule has 194 valence electrons. The fraction of sp³-hybridized carbons (Fsp3) is 0.172. The monoisotopic (exact) mass is 537 g/mol. The molecule has 0 bridgehead atoms. The fourth-order valence-corrected chi connectivity index (χ4v) is 5.19. The van der Waals surface area contributed by atoms with Crippen LogP contribution in [0.2, 0.25) is 0 Å². The minimum absolute atomic E-state index is 0.218. The topological polar surface area (TPSA) is 75.6 Å². The highest BCUT2D eigenvalue weighted by molar-refractivity contribution is 7.14. The molecule has 1 aliphatic rings. The normalized spacial score (nSPS) is 14.5. The van der Waals surface area contributed by atoms with Gasteiger partial charge in [-0.1, -0.05) is 54.6 Å². The van der Waals surface area contributed by atoms with E-state index in [4.69, 9.17) is 4.74 Å². The number of thiophene rings is 1. The van der Waals surface area contributed by atoms with Gasteiger partial charge in [0.05, 0.1) is 16.0 Å². The molecule has 3 aromatic carbocycles. The molecule has 1 saturated carbocycles. The lowest BCUT2D eigenvalue weighted by molar-refractivity contribution is -0.140. The minimum atomic E-state index is -1.05. The van der Waals surface area contributed by atoms with Gasteiger partial charge in [0.2, 0.25) is 0 Å². The number of anilines is 1. The van der Waals surface area contributed by atoms with E-state index in [1.54, 1.807) is 12.1 Å². The second-order valence-electron chi connectivity index (χ2n) is 9.18. The van der Waals surface area contributed by atoms with Gasteiger partial charge in [0, 0.05) is 6.07 Å². The second kappa shape index (κ2) is 9.98. The quantitative estimate of drug-likeness (QED) is 0.251. The van der Waals surface area contributed by atoms with Crippen molar-refractivity contribution in [1.82, 2.24) is 0 Å². The molecule has 0 spiro atoms. The van der Waals surface area contributed by atoms with Gasteiger partial charge in [0.15, 0.2) is 16.8 Å². The summed E-state index contributed by atoms with van der Waals surface area (Å²) in [5, 5.41) is 11.5. The van der Waals surface area contributed by atoms with Crippen LogP contribution in [0.4, 0.5) is 23.7 Å². The van der Waals surface area contributed by atoms with E-state index in [-0.39, 0.29) is 11.3 Å². The number of rotatable bonds is 7. The Morgan fingerprint density at radius 2 is 1.50 bits per heavy atom. The predicted octanol–water partition coefficient (Wildman–Crippen LogP) is 7.93. The lowest BCUT2D eigenvalue weighted by atomic mass is 9.93. The largest absolute Gasteiger partial charge is 0.481 e. The number of carboxylic acid groups (broad SMARTS) is 1. The lowest BCUT2D eigenvalue weighted by Gasteiger charge is -2.15. The third-order valence-electron chi connectivity index (χ3n) is 6.71. The number of amides is 1. The van der Waals surface area contributed by atoms with Gasteiger partial charge in [-0.25, -0.2) is 13.6 Å². The molecular weight excluding hydrogens is 515 g/mol. The van der Waals surface area contributed by atoms with Gasteiger partial charge in [0.1, 0.15) is 6.10 Å². The first-order chi connectivity index (χ1) is 18.2. The molecule has 38 heavy (non-hydrogen) atoms. The van der Waals surface area contributed by atoms with Crippen molar-refractivity contribution < 1.29 is 32.6 Å². The standard InChI is InChI=1S/C29H22F3NO4S/c1-16(20-8-11-22(30)23(31)14-20)37-28(36)33-24-15-25(32)38-26(24)19-4-2-17(3-5-19)18-6-9-21(10-7-18)29(12-13-29)27(34)35/h2-11,14-16H,12-13H2,1H3,(H,33,36)(H,34,35)/t16-/m1/s1. The van der Waals surface area contributed by atoms with Crippen LogP contribution in [0.15, 0.2) is 72.8 Å². The van der Waals surface area contributed by atoms with Gasteiger partial charge in [-0.05, 0) is 59.7 Å². The van der Waals surface area contributed by atoms with E-state index < -0.39 is 40.3 Å². The Morgan fingerprint density at radius 3 is 2.08 bits per heavy atom. The zero-order valence-corrected chi connectivity index (χ0v) is 21.0. The average molecular weight is 538 g/mol. The SMILES string of the molecule is C[C@@H](OC(=O)Nc1cc(F)sc1-c1ccc(-c2ccc(C3(C(=O)O)CC3)cc2)cc1)c1ccc(F)c(F)c1. The zero-order valence-electron chi connectivity index (χ0n) is 20.1. The summed E-state index contributed by atoms with van der Waals surface area (Å²) in [6.07, 6.45) is -0.455. The number of halogens is 3. The van der Waals surface area contributed by atoms with Gasteiger partial charge < -0.3 is 9.84 Å². The van der Waals surface area contributed by atoms with Crippen molar-refractivity contribution in [1.29, 1.82) is 0 Å². The Labute approximate surface area is 220 Å². The number of ether oxygens (including phenoxy) is 1. The minimum Gasteiger partial charge on any atom is -0.481 e. The zero-order chi connectivity index (χ0) is 27.0. The number of nitrogens with one attached hydrogen (secondary N) is 1. The second-order valence-corrected chi connectivity index (χ2v) is 10.2. The number of carbonyl (C=O) groups is 2. The van der Waals surface area contributed by atoms with Gasteiger partial charge in [-0.2, -0.15) is 4.39 Å². The summed E-state index contributed by atoms with van der Waals surface area (Å²) in [6, 6.07) is 19.2. The Kier molecular flexibility index (Phi) is 6.71.